The molecule has 1 heterocycles. The third kappa shape index (κ3) is 1.68. The first kappa shape index (κ1) is 10.4. The van der Waals surface area contributed by atoms with Crippen molar-refractivity contribution in [1.29, 1.82) is 0 Å². The first-order valence-corrected chi connectivity index (χ1v) is 6.46. The van der Waals surface area contributed by atoms with E-state index in [-0.39, 0.29) is 6.61 Å². The fraction of sp³-hybridized carbons (Fsp3) is 0.273. The van der Waals surface area contributed by atoms with E-state index in [9.17, 15) is 5.11 Å². The van der Waals surface area contributed by atoms with Gasteiger partial charge in [0.25, 0.3) is 0 Å². The zero-order valence-corrected chi connectivity index (χ0v) is 10.9. The Morgan fingerprint density at radius 2 is 2.07 bits per heavy atom. The summed E-state index contributed by atoms with van der Waals surface area (Å²) in [5.41, 5.74) is 2.42. The smallest absolute Gasteiger partial charge is 0.0695 e. The van der Waals surface area contributed by atoms with Crippen LogP contribution >= 0.6 is 33.9 Å². The minimum atomic E-state index is 0.136. The number of aryl methyl sites for hydroxylation is 1. The zero-order valence-electron chi connectivity index (χ0n) is 7.88. The molecule has 0 unspecified atom stereocenters. The number of benzene rings is 1. The fourth-order valence-corrected chi connectivity index (χ4v) is 3.54. The van der Waals surface area contributed by atoms with Crippen LogP contribution < -0.4 is 0 Å². The molecular formula is C11H11IOS. The van der Waals surface area contributed by atoms with Crippen molar-refractivity contribution in [3.63, 3.8) is 0 Å². The highest BCUT2D eigenvalue weighted by atomic mass is 127. The molecule has 3 heteroatoms. The lowest BCUT2D eigenvalue weighted by atomic mass is 10.1. The first-order chi connectivity index (χ1) is 6.76. The average Bonchev–Trinajstić information content (AvgIpc) is 2.57. The predicted molar refractivity (Wildman–Crippen MR) is 69.8 cm³/mol. The molecule has 1 nitrogen and oxygen atoms in total. The number of hydrogen-bond donors (Lipinski definition) is 1. The van der Waals surface area contributed by atoms with Crippen molar-refractivity contribution in [2.45, 2.75) is 20.0 Å². The number of aliphatic hydroxyl groups excluding tert-OH is 1. The van der Waals surface area contributed by atoms with Crippen LogP contribution in [0.25, 0.3) is 10.1 Å². The highest BCUT2D eigenvalue weighted by Crippen LogP contribution is 2.32. The normalized spacial score (nSPS) is 11.1. The third-order valence-electron chi connectivity index (χ3n) is 2.38. The second kappa shape index (κ2) is 4.16. The SMILES string of the molecule is CCc1ccc(CO)c2sc(I)cc12. The Hall–Kier alpha value is -0.130. The number of fused-ring (bicyclic) bond motifs is 1. The van der Waals surface area contributed by atoms with Crippen LogP contribution in [-0.4, -0.2) is 5.11 Å². The second-order valence-electron chi connectivity index (χ2n) is 3.19. The largest absolute Gasteiger partial charge is 0.392 e. The maximum Gasteiger partial charge on any atom is 0.0695 e. The molecule has 0 amide bonds. The van der Waals surface area contributed by atoms with Gasteiger partial charge in [0.05, 0.1) is 9.49 Å². The maximum absolute atomic E-state index is 9.21. The molecule has 0 aliphatic heterocycles. The van der Waals surface area contributed by atoms with E-state index in [1.165, 1.54) is 18.5 Å². The van der Waals surface area contributed by atoms with Gasteiger partial charge in [-0.05, 0) is 51.6 Å². The first-order valence-electron chi connectivity index (χ1n) is 4.57. The van der Waals surface area contributed by atoms with E-state index in [1.54, 1.807) is 11.3 Å². The average molecular weight is 318 g/mol. The molecule has 0 radical (unpaired) electrons. The van der Waals surface area contributed by atoms with Crippen molar-refractivity contribution in [3.8, 4) is 0 Å². The molecule has 0 aliphatic carbocycles. The molecule has 2 aromatic rings. The zero-order chi connectivity index (χ0) is 10.1. The fourth-order valence-electron chi connectivity index (χ4n) is 1.64. The Labute approximate surface area is 101 Å². The standard InChI is InChI=1S/C11H11IOS/c1-2-7-3-4-8(6-13)11-9(7)5-10(12)14-11/h3-5,13H,2,6H2,1H3. The molecule has 2 rings (SSSR count). The topological polar surface area (TPSA) is 20.2 Å². The molecule has 1 aromatic carbocycles. The van der Waals surface area contributed by atoms with Gasteiger partial charge in [-0.1, -0.05) is 19.1 Å². The van der Waals surface area contributed by atoms with Gasteiger partial charge < -0.3 is 5.11 Å². The summed E-state index contributed by atoms with van der Waals surface area (Å²) in [7, 11) is 0. The molecule has 0 spiro atoms. The molecule has 0 fully saturated rings. The molecule has 14 heavy (non-hydrogen) atoms. The van der Waals surface area contributed by atoms with Crippen molar-refractivity contribution in [3.05, 3.63) is 32.2 Å². The van der Waals surface area contributed by atoms with Gasteiger partial charge in [-0.2, -0.15) is 0 Å². The van der Waals surface area contributed by atoms with Gasteiger partial charge in [0.15, 0.2) is 0 Å². The second-order valence-corrected chi connectivity index (χ2v) is 6.14. The van der Waals surface area contributed by atoms with Gasteiger partial charge in [-0.15, -0.1) is 11.3 Å². The summed E-state index contributed by atoms with van der Waals surface area (Å²) in [4.78, 5) is 0. The quantitative estimate of drug-likeness (QED) is 0.840. The van der Waals surface area contributed by atoms with E-state index in [0.717, 1.165) is 12.0 Å². The number of rotatable bonds is 2. The summed E-state index contributed by atoms with van der Waals surface area (Å²) in [5, 5.41) is 10.5. The van der Waals surface area contributed by atoms with E-state index in [2.05, 4.69) is 41.6 Å². The van der Waals surface area contributed by atoms with E-state index < -0.39 is 0 Å². The van der Waals surface area contributed by atoms with E-state index in [4.69, 9.17) is 0 Å². The maximum atomic E-state index is 9.21. The van der Waals surface area contributed by atoms with Crippen LogP contribution in [0.5, 0.6) is 0 Å². The summed E-state index contributed by atoms with van der Waals surface area (Å²) < 4.78 is 2.53. The number of halogens is 1. The molecule has 0 atom stereocenters. The van der Waals surface area contributed by atoms with Gasteiger partial charge >= 0.3 is 0 Å². The molecule has 1 aromatic heterocycles. The van der Waals surface area contributed by atoms with Crippen molar-refractivity contribution < 1.29 is 5.11 Å². The monoisotopic (exact) mass is 318 g/mol. The molecule has 74 valence electrons. The minimum absolute atomic E-state index is 0.136. The van der Waals surface area contributed by atoms with Crippen LogP contribution in [0.3, 0.4) is 0 Å². The van der Waals surface area contributed by atoms with Crippen molar-refractivity contribution in [2.24, 2.45) is 0 Å². The van der Waals surface area contributed by atoms with Crippen molar-refractivity contribution in [2.75, 3.05) is 0 Å². The van der Waals surface area contributed by atoms with Gasteiger partial charge in [0, 0.05) is 4.70 Å². The van der Waals surface area contributed by atoms with Crippen LogP contribution in [0.4, 0.5) is 0 Å². The summed E-state index contributed by atoms with van der Waals surface area (Å²) in [6.07, 6.45) is 1.05. The number of thiophene rings is 1. The molecule has 0 saturated carbocycles. The van der Waals surface area contributed by atoms with Crippen molar-refractivity contribution in [1.82, 2.24) is 0 Å². The van der Waals surface area contributed by atoms with Crippen LogP contribution in [-0.2, 0) is 13.0 Å². The summed E-state index contributed by atoms with van der Waals surface area (Å²) in [6.45, 7) is 2.30. The van der Waals surface area contributed by atoms with E-state index in [1.807, 2.05) is 6.07 Å². The lowest BCUT2D eigenvalue weighted by Gasteiger charge is -2.02. The Bertz CT molecular complexity index is 421. The van der Waals surface area contributed by atoms with Crippen LogP contribution in [0.2, 0.25) is 0 Å². The molecule has 0 bridgehead atoms. The molecule has 0 saturated heterocycles. The van der Waals surface area contributed by atoms with Crippen LogP contribution in [0.1, 0.15) is 18.1 Å². The van der Waals surface area contributed by atoms with Gasteiger partial charge in [0.2, 0.25) is 0 Å². The highest BCUT2D eigenvalue weighted by Gasteiger charge is 2.07. The highest BCUT2D eigenvalue weighted by molar-refractivity contribution is 14.1. The van der Waals surface area contributed by atoms with Gasteiger partial charge in [-0.3, -0.25) is 0 Å². The lowest BCUT2D eigenvalue weighted by molar-refractivity contribution is 0.283. The third-order valence-corrected chi connectivity index (χ3v) is 4.35. The van der Waals surface area contributed by atoms with Crippen LogP contribution in [0, 0.1) is 2.88 Å². The number of hydrogen-bond acceptors (Lipinski definition) is 2. The van der Waals surface area contributed by atoms with Crippen LogP contribution in [0.15, 0.2) is 18.2 Å². The molecule has 0 aliphatic rings. The molecule has 1 N–H and O–H groups in total. The minimum Gasteiger partial charge on any atom is -0.392 e. The Morgan fingerprint density at radius 3 is 2.71 bits per heavy atom. The van der Waals surface area contributed by atoms with E-state index >= 15 is 0 Å². The lowest BCUT2D eigenvalue weighted by Crippen LogP contribution is -1.86. The number of aliphatic hydroxyl groups is 1. The molecular weight excluding hydrogens is 307 g/mol. The summed E-state index contributed by atoms with van der Waals surface area (Å²) in [5.74, 6) is 0. The summed E-state index contributed by atoms with van der Waals surface area (Å²) >= 11 is 4.10. The van der Waals surface area contributed by atoms with Gasteiger partial charge in [0.1, 0.15) is 0 Å². The Balaban J connectivity index is 2.77. The predicted octanol–water partition coefficient (Wildman–Crippen LogP) is 3.56. The van der Waals surface area contributed by atoms with Gasteiger partial charge in [-0.25, -0.2) is 0 Å². The van der Waals surface area contributed by atoms with E-state index in [0.29, 0.717) is 0 Å². The Kier molecular flexibility index (Phi) is 3.09. The summed E-state index contributed by atoms with van der Waals surface area (Å²) in [6, 6.07) is 6.36. The van der Waals surface area contributed by atoms with Crippen molar-refractivity contribution >= 4 is 44.0 Å². The Morgan fingerprint density at radius 1 is 1.36 bits per heavy atom.